The van der Waals surface area contributed by atoms with Crippen LogP contribution in [-0.2, 0) is 32.7 Å². The van der Waals surface area contributed by atoms with Crippen molar-refractivity contribution < 1.29 is 29.3 Å². The van der Waals surface area contributed by atoms with Gasteiger partial charge in [-0.05, 0) is 30.6 Å². The number of aromatic amines is 2. The molecule has 0 radical (unpaired) electrons. The molecular weight excluding hydrogens is 618 g/mol. The highest BCUT2D eigenvalue weighted by Crippen LogP contribution is 2.23. The third-order valence-corrected chi connectivity index (χ3v) is 6.36. The van der Waals surface area contributed by atoms with Gasteiger partial charge in [0.25, 0.3) is 5.56 Å². The molecule has 0 aliphatic heterocycles. The number of esters is 1. The summed E-state index contributed by atoms with van der Waals surface area (Å²) >= 11 is 0. The van der Waals surface area contributed by atoms with Crippen LogP contribution in [0.2, 0.25) is 0 Å². The van der Waals surface area contributed by atoms with E-state index >= 15 is 0 Å². The van der Waals surface area contributed by atoms with Crippen LogP contribution in [0.3, 0.4) is 0 Å². The molecule has 0 aliphatic rings. The van der Waals surface area contributed by atoms with E-state index in [-0.39, 0.29) is 35.0 Å². The smallest absolute Gasteiger partial charge is 0.308 e. The number of carboxylic acid groups (broad SMARTS) is 1. The van der Waals surface area contributed by atoms with Gasteiger partial charge in [-0.1, -0.05) is 84.0 Å². The number of hydrogen-bond donors (Lipinski definition) is 4. The van der Waals surface area contributed by atoms with E-state index in [4.69, 9.17) is 14.6 Å². The molecule has 0 amide bonds. The number of ether oxygens (including phenoxy) is 2. The molecule has 3 heterocycles. The van der Waals surface area contributed by atoms with E-state index in [2.05, 4.69) is 30.2 Å². The van der Waals surface area contributed by atoms with Crippen LogP contribution in [0.5, 0.6) is 5.88 Å². The van der Waals surface area contributed by atoms with Crippen molar-refractivity contribution in [3.8, 4) is 5.88 Å². The minimum absolute atomic E-state index is 0.000623. The zero-order valence-corrected chi connectivity index (χ0v) is 28.7. The van der Waals surface area contributed by atoms with Crippen LogP contribution < -0.4 is 21.0 Å². The molecule has 0 bridgehead atoms. The number of aliphatic hydroxyl groups is 1. The summed E-state index contributed by atoms with van der Waals surface area (Å²) in [5.74, 6) is -1.56. The second-order valence-electron chi connectivity index (χ2n) is 11.1. The lowest BCUT2D eigenvalue weighted by molar-refractivity contribution is -0.150. The third-order valence-electron chi connectivity index (χ3n) is 6.36. The lowest BCUT2D eigenvalue weighted by Gasteiger charge is -2.17. The molecule has 14 nitrogen and oxygen atoms in total. The third kappa shape index (κ3) is 12.6. The maximum Gasteiger partial charge on any atom is 0.308 e. The first-order chi connectivity index (χ1) is 23.0. The molecule has 1 unspecified atom stereocenters. The van der Waals surface area contributed by atoms with Gasteiger partial charge in [0.15, 0.2) is 0 Å². The van der Waals surface area contributed by atoms with Crippen molar-refractivity contribution in [1.29, 1.82) is 0 Å². The van der Waals surface area contributed by atoms with Gasteiger partial charge < -0.3 is 29.7 Å². The predicted molar refractivity (Wildman–Crippen MR) is 180 cm³/mol. The van der Waals surface area contributed by atoms with Gasteiger partial charge in [-0.2, -0.15) is 0 Å². The fourth-order valence-corrected chi connectivity index (χ4v) is 4.29. The Kier molecular flexibility index (Phi) is 15.9. The SMILES string of the molecule is CC.CC.CC(C)(C)c1[nH]cnc1/C=c1\[nH]c(=O)/c(=C/c2ccccc2)nc1OCOC(=O)CCCc1cn(CC(O)CC(=O)O)nn1. The van der Waals surface area contributed by atoms with E-state index in [1.54, 1.807) is 24.7 Å². The van der Waals surface area contributed by atoms with Crippen molar-refractivity contribution in [1.82, 2.24) is 34.9 Å². The summed E-state index contributed by atoms with van der Waals surface area (Å²) in [6.45, 7) is 13.7. The molecule has 0 saturated heterocycles. The quantitative estimate of drug-likeness (QED) is 0.121. The number of aromatic nitrogens is 7. The van der Waals surface area contributed by atoms with Crippen LogP contribution in [0.15, 0.2) is 47.7 Å². The van der Waals surface area contributed by atoms with E-state index in [0.29, 0.717) is 24.2 Å². The van der Waals surface area contributed by atoms with Gasteiger partial charge in [-0.15, -0.1) is 5.10 Å². The number of aliphatic hydroxyl groups excluding tert-OH is 1. The number of H-pyrrole nitrogens is 2. The molecule has 4 rings (SSSR count). The number of carboxylic acids is 1. The highest BCUT2D eigenvalue weighted by molar-refractivity contribution is 5.69. The number of nitrogens with one attached hydrogen (secondary N) is 2. The number of aryl methyl sites for hydroxylation is 1. The van der Waals surface area contributed by atoms with Gasteiger partial charge >= 0.3 is 11.9 Å². The number of rotatable bonds is 13. The summed E-state index contributed by atoms with van der Waals surface area (Å²) in [6, 6.07) is 9.24. The number of aliphatic carboxylic acids is 1. The molecule has 0 aliphatic carbocycles. The van der Waals surface area contributed by atoms with Crippen molar-refractivity contribution in [2.45, 2.75) is 92.2 Å². The van der Waals surface area contributed by atoms with Crippen molar-refractivity contribution in [2.24, 2.45) is 0 Å². The first-order valence-electron chi connectivity index (χ1n) is 16.0. The number of nitrogens with zero attached hydrogens (tertiary/aromatic N) is 5. The summed E-state index contributed by atoms with van der Waals surface area (Å²) < 4.78 is 12.4. The highest BCUT2D eigenvalue weighted by Gasteiger charge is 2.20. The average molecular weight is 666 g/mol. The first kappa shape index (κ1) is 39.1. The van der Waals surface area contributed by atoms with Gasteiger partial charge in [0, 0.05) is 23.7 Å². The van der Waals surface area contributed by atoms with Crippen molar-refractivity contribution in [3.63, 3.8) is 0 Å². The number of imidazole rings is 1. The molecule has 0 saturated carbocycles. The molecule has 1 atom stereocenters. The van der Waals surface area contributed by atoms with Crippen molar-refractivity contribution in [2.75, 3.05) is 6.79 Å². The molecule has 14 heteroatoms. The molecule has 0 spiro atoms. The highest BCUT2D eigenvalue weighted by atomic mass is 16.7. The Morgan fingerprint density at radius 1 is 1.08 bits per heavy atom. The number of benzene rings is 1. The molecule has 260 valence electrons. The maximum atomic E-state index is 12.9. The lowest BCUT2D eigenvalue weighted by atomic mass is 9.90. The van der Waals surface area contributed by atoms with Crippen LogP contribution in [0, 0.1) is 0 Å². The standard InChI is InChI=1S/C30H35N7O7.2C2H6/c1-30(2,3)27-22(31-17-32-27)14-24-29(34-23(28(42)33-24)12-19-8-5-4-6-9-19)44-18-43-26(41)11-7-10-20-15-37(36-35-20)16-21(38)13-25(39)40;2*1-2/h4-6,8-9,12,14-15,17,21,38H,7,10-11,13,16,18H2,1-3H3,(H,31,32)(H,33,42)(H,39,40);2*1-2H3/b23-12-,24-14-;;. The van der Waals surface area contributed by atoms with Gasteiger partial charge in [-0.3, -0.25) is 14.4 Å². The van der Waals surface area contributed by atoms with E-state index in [1.807, 2.05) is 78.8 Å². The Bertz CT molecular complexity index is 1760. The zero-order chi connectivity index (χ0) is 35.7. The Hall–Kier alpha value is -5.11. The normalized spacial score (nSPS) is 12.3. The molecule has 4 aromatic rings. The summed E-state index contributed by atoms with van der Waals surface area (Å²) in [5, 5.41) is 26.7. The van der Waals surface area contributed by atoms with Gasteiger partial charge in [0.2, 0.25) is 12.7 Å². The minimum atomic E-state index is -1.11. The summed E-state index contributed by atoms with van der Waals surface area (Å²) in [4.78, 5) is 50.8. The van der Waals surface area contributed by atoms with Crippen LogP contribution in [0.4, 0.5) is 0 Å². The second-order valence-corrected chi connectivity index (χ2v) is 11.1. The van der Waals surface area contributed by atoms with E-state index < -0.39 is 36.8 Å². The Morgan fingerprint density at radius 2 is 1.79 bits per heavy atom. The van der Waals surface area contributed by atoms with Crippen molar-refractivity contribution >= 4 is 24.1 Å². The fraction of sp³-hybridized carbons (Fsp3) is 0.441. The lowest BCUT2D eigenvalue weighted by Crippen LogP contribution is -2.38. The minimum Gasteiger partial charge on any atom is -0.481 e. The van der Waals surface area contributed by atoms with Gasteiger partial charge in [0.1, 0.15) is 10.7 Å². The molecule has 3 aromatic heterocycles. The van der Waals surface area contributed by atoms with Crippen LogP contribution in [0.1, 0.15) is 90.4 Å². The summed E-state index contributed by atoms with van der Waals surface area (Å²) in [7, 11) is 0. The van der Waals surface area contributed by atoms with Gasteiger partial charge in [-0.25, -0.2) is 14.6 Å². The average Bonchev–Trinajstić information content (AvgIpc) is 3.71. The van der Waals surface area contributed by atoms with E-state index in [0.717, 1.165) is 11.3 Å². The molecule has 48 heavy (non-hydrogen) atoms. The predicted octanol–water partition coefficient (Wildman–Crippen LogP) is 2.83. The Morgan fingerprint density at radius 3 is 2.46 bits per heavy atom. The van der Waals surface area contributed by atoms with E-state index in [1.165, 1.54) is 4.68 Å². The summed E-state index contributed by atoms with van der Waals surface area (Å²) in [6.07, 6.45) is 5.87. The number of hydrogen-bond acceptors (Lipinski definition) is 10. The fourth-order valence-electron chi connectivity index (χ4n) is 4.29. The van der Waals surface area contributed by atoms with Crippen LogP contribution in [-0.4, -0.2) is 70.0 Å². The van der Waals surface area contributed by atoms with Crippen molar-refractivity contribution in [3.05, 3.63) is 86.6 Å². The largest absolute Gasteiger partial charge is 0.481 e. The summed E-state index contributed by atoms with van der Waals surface area (Å²) in [5.41, 5.74) is 2.15. The second kappa shape index (κ2) is 19.5. The van der Waals surface area contributed by atoms with E-state index in [9.17, 15) is 19.5 Å². The topological polar surface area (TPSA) is 198 Å². The number of carbonyl (C=O) groups is 2. The Balaban J connectivity index is 0.00000193. The maximum absolute atomic E-state index is 12.9. The zero-order valence-electron chi connectivity index (χ0n) is 28.7. The Labute approximate surface area is 279 Å². The van der Waals surface area contributed by atoms with Crippen LogP contribution >= 0.6 is 0 Å². The molecule has 0 fully saturated rings. The number of carbonyl (C=O) groups excluding carboxylic acids is 1. The monoisotopic (exact) mass is 665 g/mol. The molecule has 4 N–H and O–H groups in total. The van der Waals surface area contributed by atoms with Gasteiger partial charge in [0.05, 0.1) is 36.8 Å². The molecular formula is C34H47N7O7. The molecule has 1 aromatic carbocycles. The first-order valence-corrected chi connectivity index (χ1v) is 16.0. The van der Waals surface area contributed by atoms with Crippen LogP contribution in [0.25, 0.3) is 12.2 Å².